The van der Waals surface area contributed by atoms with Crippen molar-refractivity contribution < 1.29 is 0 Å². The van der Waals surface area contributed by atoms with E-state index >= 15 is 0 Å². The predicted molar refractivity (Wildman–Crippen MR) is 577 cm³/mol. The molecule has 18 aromatic rings. The van der Waals surface area contributed by atoms with E-state index in [1.807, 2.05) is 0 Å². The number of para-hydroxylation sites is 18. The first-order valence-corrected chi connectivity index (χ1v) is 47.7. The molecule has 0 radical (unpaired) electrons. The first-order valence-electron chi connectivity index (χ1n) is 46.9. The molecule has 0 saturated heterocycles. The maximum atomic E-state index is 3.97. The predicted octanol–water partition coefficient (Wildman–Crippen LogP) is 37.1. The van der Waals surface area contributed by atoms with E-state index in [0.29, 0.717) is 0 Å². The highest BCUT2D eigenvalue weighted by atomic mass is 79.9. The number of halogens is 1. The largest absolute Gasteiger partial charge is 0.310 e. The Bertz CT molecular complexity index is 6670. The number of fused-ring (bicyclic) bond motifs is 8. The Balaban J connectivity index is 0.000000149. The van der Waals surface area contributed by atoms with Gasteiger partial charge in [0, 0.05) is 50.0 Å². The van der Waals surface area contributed by atoms with Crippen molar-refractivity contribution in [1.82, 2.24) is 0 Å². The Morgan fingerprint density at radius 1 is 0.170 bits per heavy atom. The van der Waals surface area contributed by atoms with Gasteiger partial charge in [0.05, 0.1) is 108 Å². The lowest BCUT2D eigenvalue weighted by atomic mass is 9.87. The van der Waals surface area contributed by atoms with Gasteiger partial charge in [0.1, 0.15) is 0 Å². The van der Waals surface area contributed by atoms with Gasteiger partial charge in [0.2, 0.25) is 0 Å². The average molecular weight is 1820 g/mol. The van der Waals surface area contributed by atoms with Crippen LogP contribution in [0.1, 0.15) is 116 Å². The van der Waals surface area contributed by atoms with E-state index in [1.165, 1.54) is 33.4 Å². The molecule has 0 bridgehead atoms. The van der Waals surface area contributed by atoms with Gasteiger partial charge in [-0.05, 0) is 268 Å². The summed E-state index contributed by atoms with van der Waals surface area (Å²) in [6, 6.07) is 163. The molecule has 0 spiro atoms. The molecule has 0 fully saturated rings. The molecule has 0 amide bonds. The molecule has 10 heteroatoms. The van der Waals surface area contributed by atoms with E-state index in [0.717, 1.165) is 164 Å². The van der Waals surface area contributed by atoms with Crippen molar-refractivity contribution >= 4 is 169 Å². The van der Waals surface area contributed by atoms with E-state index in [1.54, 1.807) is 0 Å². The normalized spacial score (nSPS) is 13.0. The summed E-state index contributed by atoms with van der Waals surface area (Å²) in [6.45, 7) is 27.2. The highest BCUT2D eigenvalue weighted by Crippen LogP contribution is 2.62. The summed E-state index contributed by atoms with van der Waals surface area (Å²) < 4.78 is 1.00. The van der Waals surface area contributed by atoms with E-state index in [4.69, 9.17) is 0 Å². The summed E-state index contributed by atoms with van der Waals surface area (Å²) >= 11 is 3.97. The molecule has 22 rings (SSSR count). The molecule has 0 atom stereocenters. The quantitative estimate of drug-likeness (QED) is 0.112. The monoisotopic (exact) mass is 1820 g/mol. The van der Waals surface area contributed by atoms with Gasteiger partial charge >= 0.3 is 0 Å². The Labute approximate surface area is 805 Å². The third-order valence-corrected chi connectivity index (χ3v) is 26.5. The van der Waals surface area contributed by atoms with Crippen LogP contribution in [0.2, 0.25) is 0 Å². The molecule has 0 saturated carbocycles. The minimum atomic E-state index is 0.0501. The standard InChI is InChI=1S/C62H55N5.C50H45BrN4.C13H12/c1-61(2,3)44-33-37-48(38-34-44)64-53-25-13-17-29-57(53)66(58-30-18-14-26-54(58)64)51-41-50(63(46-21-9-7-10-22-46)47-23-11-8-12-24-47)42-52(43-51)67-59-31-19-15-27-55(59)65(56-28-16-20-32-60(56)67)49-39-35-45(36-40-49)62(4,5)6;1-49(2,3)34-23-27-37(28-24-34)52-41-15-7-11-19-45(41)54(46-20-12-8-16-42(46)52)39-31-36(51)32-40(33-39)55-47-21-13-9-17-43(47)53(44-18-10-14-22-48(44)55)38-29-25-35(26-30-38)50(4,5)6;1-3-7-12(8-4-1)11-13-9-5-2-6-10-13/h7-43H,1-6H3;7-33H,1-6H3;1-10H,11H2. The van der Waals surface area contributed by atoms with Gasteiger partial charge in [0.25, 0.3) is 0 Å². The maximum Gasteiger partial charge on any atom is 0.0703 e. The van der Waals surface area contributed by atoms with Crippen LogP contribution in [-0.2, 0) is 28.1 Å². The van der Waals surface area contributed by atoms with Gasteiger partial charge in [-0.15, -0.1) is 0 Å². The van der Waals surface area contributed by atoms with Gasteiger partial charge in [-0.3, -0.25) is 0 Å². The van der Waals surface area contributed by atoms with Crippen LogP contribution < -0.4 is 44.1 Å². The van der Waals surface area contributed by atoms with Crippen LogP contribution in [-0.4, -0.2) is 0 Å². The number of benzene rings is 18. The lowest BCUT2D eigenvalue weighted by molar-refractivity contribution is 0.590. The van der Waals surface area contributed by atoms with Crippen molar-refractivity contribution in [1.29, 1.82) is 0 Å². The van der Waals surface area contributed by atoms with Crippen molar-refractivity contribution in [2.75, 3.05) is 44.1 Å². The molecule has 9 nitrogen and oxygen atoms in total. The Morgan fingerprint density at radius 2 is 0.333 bits per heavy atom. The van der Waals surface area contributed by atoms with Gasteiger partial charge in [-0.25, -0.2) is 0 Å². The summed E-state index contributed by atoms with van der Waals surface area (Å²) in [6.07, 6.45) is 1.03. The fourth-order valence-corrected chi connectivity index (χ4v) is 19.7. The number of anilines is 27. The van der Waals surface area contributed by atoms with Crippen molar-refractivity contribution in [2.24, 2.45) is 0 Å². The highest BCUT2D eigenvalue weighted by Gasteiger charge is 2.38. The van der Waals surface area contributed by atoms with Crippen LogP contribution in [0, 0.1) is 0 Å². The SMILES string of the molecule is CC(C)(C)c1ccc(N2c3ccccc3N(c3cc(Br)cc(N4c5ccccc5N(c5ccc(C(C)(C)C)cc5)c5ccccc54)c3)c3ccccc32)cc1.CC(C)(C)c1ccc(N2c3ccccc3N(c3cc(N(c4ccccc4)c4ccccc4)cc(N4c5ccccc5N(c5ccc(C(C)(C)C)cc5)c5ccccc54)c3)c3ccccc32)cc1.c1ccc(Cc2ccccc2)cc1. The summed E-state index contributed by atoms with van der Waals surface area (Å²) in [7, 11) is 0. The minimum Gasteiger partial charge on any atom is -0.310 e. The van der Waals surface area contributed by atoms with Crippen LogP contribution in [0.5, 0.6) is 0 Å². The Kier molecular flexibility index (Phi) is 23.6. The smallest absolute Gasteiger partial charge is 0.0703 e. The molecule has 18 aromatic carbocycles. The average Bonchev–Trinajstić information content (AvgIpc) is 0.738. The first kappa shape index (κ1) is 87.6. The number of nitrogens with zero attached hydrogens (tertiary/aromatic N) is 9. The summed E-state index contributed by atoms with van der Waals surface area (Å²) in [4.78, 5) is 21.7. The van der Waals surface area contributed by atoms with Crippen LogP contribution >= 0.6 is 15.9 Å². The maximum absolute atomic E-state index is 3.97. The zero-order valence-corrected chi connectivity index (χ0v) is 80.4. The van der Waals surface area contributed by atoms with Gasteiger partial charge in [-0.1, -0.05) is 342 Å². The molecule has 4 heterocycles. The lowest BCUT2D eigenvalue weighted by Gasteiger charge is -2.42. The Hall–Kier alpha value is -15.4. The van der Waals surface area contributed by atoms with Crippen LogP contribution in [0.3, 0.4) is 0 Å². The van der Waals surface area contributed by atoms with E-state index in [9.17, 15) is 0 Å². The zero-order valence-electron chi connectivity index (χ0n) is 78.8. The van der Waals surface area contributed by atoms with Crippen molar-refractivity contribution in [3.8, 4) is 0 Å². The number of hydrogen-bond donors (Lipinski definition) is 0. The summed E-state index contributed by atoms with van der Waals surface area (Å²) in [5, 5.41) is 0. The molecular formula is C125H112BrN9. The van der Waals surface area contributed by atoms with Crippen LogP contribution in [0.15, 0.2) is 453 Å². The third kappa shape index (κ3) is 17.4. The molecule has 4 aliphatic rings. The molecule has 0 N–H and O–H groups in total. The number of hydrogen-bond acceptors (Lipinski definition) is 9. The molecule has 0 unspecified atom stereocenters. The molecule has 0 aliphatic carbocycles. The first-order chi connectivity index (χ1) is 65.4. The fraction of sp³-hybridized carbons (Fsp3) is 0.136. The molecule has 664 valence electrons. The zero-order chi connectivity index (χ0) is 92.9. The van der Waals surface area contributed by atoms with Crippen LogP contribution in [0.4, 0.5) is 154 Å². The lowest BCUT2D eigenvalue weighted by Crippen LogP contribution is -2.26. The van der Waals surface area contributed by atoms with E-state index < -0.39 is 0 Å². The second-order valence-corrected chi connectivity index (χ2v) is 40.2. The molecule has 4 aliphatic heterocycles. The van der Waals surface area contributed by atoms with Crippen molar-refractivity contribution in [2.45, 2.75) is 111 Å². The van der Waals surface area contributed by atoms with Crippen molar-refractivity contribution in [3.63, 3.8) is 0 Å². The second-order valence-electron chi connectivity index (χ2n) is 39.3. The molecular weight excluding hydrogens is 1710 g/mol. The van der Waals surface area contributed by atoms with E-state index in [2.05, 4.69) is 592 Å². The topological polar surface area (TPSA) is 29.2 Å². The van der Waals surface area contributed by atoms with E-state index in [-0.39, 0.29) is 21.7 Å². The van der Waals surface area contributed by atoms with Gasteiger partial charge < -0.3 is 44.1 Å². The third-order valence-electron chi connectivity index (χ3n) is 26.0. The molecule has 0 aromatic heterocycles. The summed E-state index contributed by atoms with van der Waals surface area (Å²) in [5.41, 5.74) is 38.1. The highest BCUT2D eigenvalue weighted by molar-refractivity contribution is 9.10. The second kappa shape index (κ2) is 36.3. The number of rotatable bonds is 13. The van der Waals surface area contributed by atoms with Gasteiger partial charge in [-0.2, -0.15) is 0 Å². The summed E-state index contributed by atoms with van der Waals surface area (Å²) in [5.74, 6) is 0. The minimum absolute atomic E-state index is 0.0501. The van der Waals surface area contributed by atoms with Crippen molar-refractivity contribution in [3.05, 3.63) is 487 Å². The Morgan fingerprint density at radius 3 is 0.519 bits per heavy atom. The molecule has 135 heavy (non-hydrogen) atoms. The van der Waals surface area contributed by atoms with Gasteiger partial charge in [0.15, 0.2) is 0 Å². The van der Waals surface area contributed by atoms with Crippen LogP contribution in [0.25, 0.3) is 0 Å². The fourth-order valence-electron chi connectivity index (χ4n) is 19.3.